The molecule has 0 aliphatic heterocycles. The lowest BCUT2D eigenvalue weighted by Gasteiger charge is -2.16. The summed E-state index contributed by atoms with van der Waals surface area (Å²) < 4.78 is 9.70. The van der Waals surface area contributed by atoms with Gasteiger partial charge in [-0.05, 0) is 276 Å². The summed E-state index contributed by atoms with van der Waals surface area (Å²) in [6, 6.07) is 170. The Labute approximate surface area is 738 Å². The molecule has 592 valence electrons. The van der Waals surface area contributed by atoms with Gasteiger partial charge >= 0.3 is 0 Å². The van der Waals surface area contributed by atoms with Crippen molar-refractivity contribution in [2.24, 2.45) is 0 Å². The molecule has 28 rings (SSSR count). The van der Waals surface area contributed by atoms with Gasteiger partial charge in [0.15, 0.2) is 0 Å². The van der Waals surface area contributed by atoms with E-state index in [0.717, 1.165) is 11.4 Å². The van der Waals surface area contributed by atoms with E-state index in [-0.39, 0.29) is 0 Å². The van der Waals surface area contributed by atoms with E-state index >= 15 is 0 Å². The van der Waals surface area contributed by atoms with Gasteiger partial charge in [0, 0.05) is 65.5 Å². The zero-order valence-electron chi connectivity index (χ0n) is 69.7. The lowest BCUT2D eigenvalue weighted by molar-refractivity contribution is 1.18. The Kier molecular flexibility index (Phi) is 15.8. The van der Waals surface area contributed by atoms with E-state index in [1.807, 2.05) is 0 Å². The van der Waals surface area contributed by atoms with Crippen molar-refractivity contribution in [3.63, 3.8) is 0 Å². The molecule has 4 nitrogen and oxygen atoms in total. The molecule has 2 aliphatic carbocycles. The van der Waals surface area contributed by atoms with Crippen molar-refractivity contribution in [3.05, 3.63) is 461 Å². The van der Waals surface area contributed by atoms with Crippen LogP contribution >= 0.6 is 0 Å². The first-order valence-electron chi connectivity index (χ1n) is 44.3. The molecule has 4 heterocycles. The predicted octanol–water partition coefficient (Wildman–Crippen LogP) is 33.7. The van der Waals surface area contributed by atoms with Crippen LogP contribution in [0.2, 0.25) is 0 Å². The largest absolute Gasteiger partial charge is 0.309 e. The Morgan fingerprint density at radius 3 is 0.992 bits per heavy atom. The smallest absolute Gasteiger partial charge is 0.0541 e. The molecule has 0 saturated carbocycles. The molecule has 0 fully saturated rings. The summed E-state index contributed by atoms with van der Waals surface area (Å²) in [6.45, 7) is 0. The van der Waals surface area contributed by atoms with Crippen LogP contribution in [0.5, 0.6) is 0 Å². The molecule has 0 saturated heterocycles. The van der Waals surface area contributed by atoms with Crippen molar-refractivity contribution in [2.45, 2.75) is 0 Å². The summed E-state index contributed by atoms with van der Waals surface area (Å²) in [7, 11) is 0. The van der Waals surface area contributed by atoms with Crippen LogP contribution in [0.25, 0.3) is 264 Å². The number of hydrogen-bond acceptors (Lipinski definition) is 0. The molecule has 4 aromatic heterocycles. The minimum atomic E-state index is 1.15. The maximum absolute atomic E-state index is 2.47. The van der Waals surface area contributed by atoms with E-state index in [1.54, 1.807) is 0 Å². The van der Waals surface area contributed by atoms with Crippen LogP contribution in [0, 0.1) is 0 Å². The molecule has 0 spiro atoms. The SMILES string of the molecule is c1ccc(-c2ccc(-c3ccc(-n4c5ccccc5c5cc(-c6ccc7c(c6)c6ccccc6n7-c6cccc(-c7ccc8c(c7)-c7cc9ccccc9c9cccc-8c79)c6)ccc54)cc3)cc2)cc1.c1ccc(-n2c3ccccc3c3cc(-c4ccc5c(c4)c4ccccc4n5-c4ccc(-c5ccc6c7c(cccc57)-c5ccccc5-6)c5ccccc45)ccc32)cc1. The van der Waals surface area contributed by atoms with E-state index in [2.05, 4.69) is 479 Å². The number of hydrogen-bond donors (Lipinski definition) is 0. The summed E-state index contributed by atoms with van der Waals surface area (Å²) in [4.78, 5) is 0. The van der Waals surface area contributed by atoms with Gasteiger partial charge in [-0.2, -0.15) is 0 Å². The van der Waals surface area contributed by atoms with Gasteiger partial charge in [-0.3, -0.25) is 0 Å². The fourth-order valence-electron chi connectivity index (χ4n) is 21.9. The number of rotatable bonds is 10. The molecule has 4 heteroatoms. The number of nitrogens with zero attached hydrogens (tertiary/aromatic N) is 4. The van der Waals surface area contributed by atoms with E-state index < -0.39 is 0 Å². The molecule has 0 bridgehead atoms. The third-order valence-corrected chi connectivity index (χ3v) is 27.7. The molecule has 22 aromatic carbocycles. The summed E-state index contributed by atoms with van der Waals surface area (Å²) in [5.41, 5.74) is 39.5. The highest BCUT2D eigenvalue weighted by Gasteiger charge is 2.28. The molecule has 0 radical (unpaired) electrons. The first kappa shape index (κ1) is 71.6. The Morgan fingerprint density at radius 2 is 0.430 bits per heavy atom. The number of benzene rings is 22. The van der Waals surface area contributed by atoms with Gasteiger partial charge in [0.2, 0.25) is 0 Å². The second-order valence-corrected chi connectivity index (χ2v) is 34.5. The maximum atomic E-state index is 2.47. The minimum Gasteiger partial charge on any atom is -0.309 e. The van der Waals surface area contributed by atoms with Crippen LogP contribution in [-0.2, 0) is 0 Å². The predicted molar refractivity (Wildman–Crippen MR) is 542 cm³/mol. The van der Waals surface area contributed by atoms with Crippen molar-refractivity contribution in [3.8, 4) is 134 Å². The number of aromatic nitrogens is 4. The molecular weight excluding hydrogens is 1550 g/mol. The molecule has 0 amide bonds. The average molecular weight is 1620 g/mol. The zero-order valence-corrected chi connectivity index (χ0v) is 69.7. The monoisotopic (exact) mass is 1620 g/mol. The van der Waals surface area contributed by atoms with Crippen molar-refractivity contribution >= 4 is 130 Å². The molecule has 2 aliphatic rings. The van der Waals surface area contributed by atoms with Gasteiger partial charge in [-0.25, -0.2) is 0 Å². The Hall–Kier alpha value is -16.9. The zero-order chi connectivity index (χ0) is 83.8. The molecular formula is C124H76N4. The molecule has 0 atom stereocenters. The van der Waals surface area contributed by atoms with Crippen LogP contribution in [0.15, 0.2) is 461 Å². The molecule has 0 N–H and O–H groups in total. The first-order chi connectivity index (χ1) is 63.5. The first-order valence-corrected chi connectivity index (χ1v) is 44.3. The van der Waals surface area contributed by atoms with Crippen LogP contribution in [-0.4, -0.2) is 18.3 Å². The van der Waals surface area contributed by atoms with Crippen LogP contribution in [0.1, 0.15) is 0 Å². The quantitative estimate of drug-likeness (QED) is 0.122. The third kappa shape index (κ3) is 11.0. The second kappa shape index (κ2) is 28.3. The van der Waals surface area contributed by atoms with Gasteiger partial charge in [0.1, 0.15) is 0 Å². The summed E-state index contributed by atoms with van der Waals surface area (Å²) in [5.74, 6) is 0. The molecule has 128 heavy (non-hydrogen) atoms. The van der Waals surface area contributed by atoms with E-state index in [1.165, 1.54) is 253 Å². The summed E-state index contributed by atoms with van der Waals surface area (Å²) >= 11 is 0. The van der Waals surface area contributed by atoms with Crippen LogP contribution in [0.3, 0.4) is 0 Å². The van der Waals surface area contributed by atoms with E-state index in [9.17, 15) is 0 Å². The summed E-state index contributed by atoms with van der Waals surface area (Å²) in [5, 5.41) is 20.4. The fraction of sp³-hybridized carbons (Fsp3) is 0. The van der Waals surface area contributed by atoms with Crippen molar-refractivity contribution in [1.82, 2.24) is 18.3 Å². The molecule has 26 aromatic rings. The maximum Gasteiger partial charge on any atom is 0.0541 e. The van der Waals surface area contributed by atoms with Crippen LogP contribution in [0.4, 0.5) is 0 Å². The highest BCUT2D eigenvalue weighted by atomic mass is 15.0. The normalized spacial score (nSPS) is 12.1. The highest BCUT2D eigenvalue weighted by molar-refractivity contribution is 6.25. The lowest BCUT2D eigenvalue weighted by atomic mass is 9.91. The van der Waals surface area contributed by atoms with Gasteiger partial charge in [-0.15, -0.1) is 0 Å². The second-order valence-electron chi connectivity index (χ2n) is 34.5. The van der Waals surface area contributed by atoms with E-state index in [0.29, 0.717) is 0 Å². The van der Waals surface area contributed by atoms with E-state index in [4.69, 9.17) is 0 Å². The van der Waals surface area contributed by atoms with Gasteiger partial charge < -0.3 is 18.3 Å². The topological polar surface area (TPSA) is 19.7 Å². The van der Waals surface area contributed by atoms with Gasteiger partial charge in [0.05, 0.1) is 49.8 Å². The van der Waals surface area contributed by atoms with Gasteiger partial charge in [-0.1, -0.05) is 334 Å². The summed E-state index contributed by atoms with van der Waals surface area (Å²) in [6.07, 6.45) is 0. The average Bonchev–Trinajstić information content (AvgIpc) is 1.55. The van der Waals surface area contributed by atoms with Crippen molar-refractivity contribution in [2.75, 3.05) is 0 Å². The molecule has 0 unspecified atom stereocenters. The van der Waals surface area contributed by atoms with Crippen LogP contribution < -0.4 is 0 Å². The Bertz CT molecular complexity index is 9140. The standard InChI is InChI=1S/C68H42N2.C56H34N2/c1-2-12-43(13-3-1)44-24-26-45(27-25-44)46-28-33-52(34-29-46)69-64-22-8-6-18-56(64)61-40-49(31-36-66(61)69)50-32-37-67-62(41-50)57-19-7-9-23-65(57)70(67)53-16-10-15-47(38-53)48-30-35-55-59-21-11-20-58-54-17-5-4-14-51(54)42-63(68(58)59)60(55)39-48;1-2-13-37(14-3-1)57-51-23-10-8-19-44(51)49-33-35(25-30-54(49)57)36-26-31-55-50(34-36)45-20-9-11-24-52(45)58(55)53-32-29-41(38-15-6-7-18-43(38)53)42-27-28-48-40-17-5-4-16-39(40)46-21-12-22-47(42)56(46)48/h1-42H;1-34H. The minimum absolute atomic E-state index is 1.15. The van der Waals surface area contributed by atoms with Crippen molar-refractivity contribution < 1.29 is 0 Å². The third-order valence-electron chi connectivity index (χ3n) is 27.7. The number of fused-ring (bicyclic) bond motifs is 21. The van der Waals surface area contributed by atoms with Gasteiger partial charge in [0.25, 0.3) is 0 Å². The highest BCUT2D eigenvalue weighted by Crippen LogP contribution is 2.54. The Balaban J connectivity index is 0.000000135. The lowest BCUT2D eigenvalue weighted by Crippen LogP contribution is -1.96. The number of para-hydroxylation sites is 5. The fourth-order valence-corrected chi connectivity index (χ4v) is 21.9. The Morgan fingerprint density at radius 1 is 0.117 bits per heavy atom. The van der Waals surface area contributed by atoms with Crippen molar-refractivity contribution in [1.29, 1.82) is 0 Å².